The number of methoxy groups -OCH3 is 1. The van der Waals surface area contributed by atoms with Crippen molar-refractivity contribution in [2.45, 2.75) is 84.1 Å². The highest BCUT2D eigenvalue weighted by Gasteiger charge is 2.20. The zero-order valence-corrected chi connectivity index (χ0v) is 32.3. The minimum Gasteiger partial charge on any atom is -0.393 e. The van der Waals surface area contributed by atoms with Crippen LogP contribution in [0.3, 0.4) is 0 Å². The molecule has 0 bridgehead atoms. The van der Waals surface area contributed by atoms with Crippen LogP contribution in [0.1, 0.15) is 79.9 Å². The number of nitrogens with zero attached hydrogens (tertiary/aromatic N) is 4. The van der Waals surface area contributed by atoms with Crippen molar-refractivity contribution in [3.05, 3.63) is 151 Å². The van der Waals surface area contributed by atoms with Crippen LogP contribution in [0, 0.1) is 35.3 Å². The molecule has 1 fully saturated rings. The van der Waals surface area contributed by atoms with Crippen LogP contribution in [-0.4, -0.2) is 56.7 Å². The minimum atomic E-state index is -0.396. The predicted molar refractivity (Wildman–Crippen MR) is 226 cm³/mol. The number of aliphatic hydroxyl groups is 1. The Bertz CT molecular complexity index is 2680. The Morgan fingerprint density at radius 2 is 1.14 bits per heavy atom. The molecule has 3 aliphatic heterocycles. The molecule has 6 aromatic rings. The fourth-order valence-electron chi connectivity index (χ4n) is 7.13. The number of benzene rings is 4. The molecule has 9 rings (SSSR count). The van der Waals surface area contributed by atoms with Gasteiger partial charge in [0.15, 0.2) is 0 Å². The molecular weight excluding hydrogens is 751 g/mol. The Morgan fingerprint density at radius 3 is 1.59 bits per heavy atom. The van der Waals surface area contributed by atoms with E-state index in [-0.39, 0.29) is 36.3 Å². The maximum Gasteiger partial charge on any atom is 0.261 e. The second-order valence-corrected chi connectivity index (χ2v) is 14.4. The van der Waals surface area contributed by atoms with Gasteiger partial charge in [0.1, 0.15) is 23.3 Å². The Hall–Kier alpha value is -5.98. The molecule has 59 heavy (non-hydrogen) atoms. The van der Waals surface area contributed by atoms with Crippen LogP contribution in [0.4, 0.5) is 8.78 Å². The van der Waals surface area contributed by atoms with E-state index < -0.39 is 6.10 Å². The summed E-state index contributed by atoms with van der Waals surface area (Å²) in [5, 5.41) is 11.0. The first-order chi connectivity index (χ1) is 28.2. The molecule has 0 spiro atoms. The SMILES string of the molecule is C.C1CCOC1.COC1CCc2nc3cc(C#Cc4cccc(F)c4)ccc3c(=O)n2CC1.O=c1c2ccc(C#Cc3cccc(F)c3)cc2nc2n1CCC(O)CC2. The summed E-state index contributed by atoms with van der Waals surface area (Å²) in [6.45, 7) is 3.11. The summed E-state index contributed by atoms with van der Waals surface area (Å²) >= 11 is 0. The Kier molecular flexibility index (Phi) is 14.5. The summed E-state index contributed by atoms with van der Waals surface area (Å²) in [7, 11) is 1.71. The molecule has 0 radical (unpaired) electrons. The molecule has 2 atom stereocenters. The van der Waals surface area contributed by atoms with E-state index in [0.717, 1.165) is 37.4 Å². The van der Waals surface area contributed by atoms with Gasteiger partial charge in [-0.3, -0.25) is 18.7 Å². The van der Waals surface area contributed by atoms with Gasteiger partial charge in [0, 0.05) is 68.5 Å². The van der Waals surface area contributed by atoms with Crippen LogP contribution >= 0.6 is 0 Å². The number of halogens is 2. The number of aromatic nitrogens is 4. The summed E-state index contributed by atoms with van der Waals surface area (Å²) in [6.07, 6.45) is 6.44. The molecule has 5 heterocycles. The highest BCUT2D eigenvalue weighted by molar-refractivity contribution is 5.80. The van der Waals surface area contributed by atoms with E-state index in [1.54, 1.807) is 70.8 Å². The maximum absolute atomic E-state index is 13.3. The normalized spacial score (nSPS) is 16.7. The van der Waals surface area contributed by atoms with Crippen molar-refractivity contribution >= 4 is 21.8 Å². The molecule has 11 heteroatoms. The van der Waals surface area contributed by atoms with Crippen molar-refractivity contribution in [2.24, 2.45) is 0 Å². The minimum absolute atomic E-state index is 0. The Morgan fingerprint density at radius 1 is 0.661 bits per heavy atom. The van der Waals surface area contributed by atoms with Crippen molar-refractivity contribution < 1.29 is 23.4 Å². The summed E-state index contributed by atoms with van der Waals surface area (Å²) < 4.78 is 40.3. The van der Waals surface area contributed by atoms with Crippen LogP contribution in [0.25, 0.3) is 21.8 Å². The number of ether oxygens (including phenoxy) is 2. The first-order valence-corrected chi connectivity index (χ1v) is 19.6. The molecule has 9 nitrogen and oxygen atoms in total. The van der Waals surface area contributed by atoms with E-state index in [4.69, 9.17) is 14.5 Å². The predicted octanol–water partition coefficient (Wildman–Crippen LogP) is 7.35. The molecule has 3 aliphatic rings. The molecular formula is C48H48F2N4O5. The quantitative estimate of drug-likeness (QED) is 0.174. The van der Waals surface area contributed by atoms with Gasteiger partial charge in [-0.05, 0) is 111 Å². The Balaban J connectivity index is 0.000000175. The van der Waals surface area contributed by atoms with E-state index in [1.165, 1.54) is 37.1 Å². The summed E-state index contributed by atoms with van der Waals surface area (Å²) in [6, 6.07) is 23.0. The first kappa shape index (κ1) is 42.6. The van der Waals surface area contributed by atoms with E-state index in [2.05, 4.69) is 28.7 Å². The van der Waals surface area contributed by atoms with Crippen molar-refractivity contribution in [1.29, 1.82) is 0 Å². The molecule has 0 aliphatic carbocycles. The fourth-order valence-corrected chi connectivity index (χ4v) is 7.13. The third kappa shape index (κ3) is 11.0. The lowest BCUT2D eigenvalue weighted by molar-refractivity contribution is 0.0885. The highest BCUT2D eigenvalue weighted by atomic mass is 19.1. The molecule has 0 amide bonds. The highest BCUT2D eigenvalue weighted by Crippen LogP contribution is 2.19. The number of aliphatic hydroxyl groups excluding tert-OH is 1. The molecule has 304 valence electrons. The summed E-state index contributed by atoms with van der Waals surface area (Å²) in [4.78, 5) is 34.9. The van der Waals surface area contributed by atoms with Gasteiger partial charge < -0.3 is 14.6 Å². The molecule has 1 saturated heterocycles. The second kappa shape index (κ2) is 20.1. The molecule has 2 aromatic heterocycles. The standard InChI is InChI=1S/C22H19FN2O2.C21H17FN2O2.C4H8O.CH4/c1-27-18-8-10-21-24-20-14-16(6-5-15-3-2-4-17(23)13-15)7-9-19(20)22(26)25(21)12-11-18;22-16-3-1-2-14(12-16)4-5-15-6-8-18-19(13-15)23-20-9-7-17(25)10-11-24(20)21(18)26;1-2-4-5-3-1;/h2-4,7,9,13-14,18H,8,10-12H2,1H3;1-3,6,8,12-13,17,25H,7,9-11H2;1-4H2;1H4. The largest absolute Gasteiger partial charge is 0.393 e. The number of hydrogen-bond donors (Lipinski definition) is 1. The van der Waals surface area contributed by atoms with Gasteiger partial charge in [-0.2, -0.15) is 0 Å². The first-order valence-electron chi connectivity index (χ1n) is 19.6. The van der Waals surface area contributed by atoms with Gasteiger partial charge in [0.2, 0.25) is 0 Å². The number of fused-ring (bicyclic) bond motifs is 4. The van der Waals surface area contributed by atoms with Gasteiger partial charge in [0.05, 0.1) is 34.0 Å². The zero-order valence-electron chi connectivity index (χ0n) is 32.3. The molecule has 0 saturated carbocycles. The number of aryl methyl sites for hydroxylation is 2. The zero-order chi connectivity index (χ0) is 40.4. The van der Waals surface area contributed by atoms with Crippen LogP contribution < -0.4 is 11.1 Å². The van der Waals surface area contributed by atoms with Crippen molar-refractivity contribution in [3.8, 4) is 23.7 Å². The smallest absolute Gasteiger partial charge is 0.261 e. The van der Waals surface area contributed by atoms with E-state index in [9.17, 15) is 23.5 Å². The maximum atomic E-state index is 13.3. The van der Waals surface area contributed by atoms with Crippen molar-refractivity contribution in [2.75, 3.05) is 20.3 Å². The van der Waals surface area contributed by atoms with Gasteiger partial charge >= 0.3 is 0 Å². The monoisotopic (exact) mass is 798 g/mol. The second-order valence-electron chi connectivity index (χ2n) is 14.4. The number of hydrogen-bond acceptors (Lipinski definition) is 7. The van der Waals surface area contributed by atoms with E-state index in [0.29, 0.717) is 83.1 Å². The number of rotatable bonds is 1. The van der Waals surface area contributed by atoms with Crippen LogP contribution in [0.2, 0.25) is 0 Å². The van der Waals surface area contributed by atoms with Gasteiger partial charge in [-0.1, -0.05) is 43.2 Å². The molecule has 2 unspecified atom stereocenters. The lowest BCUT2D eigenvalue weighted by Gasteiger charge is -2.10. The van der Waals surface area contributed by atoms with Gasteiger partial charge in [-0.25, -0.2) is 18.7 Å². The van der Waals surface area contributed by atoms with Crippen LogP contribution in [0.15, 0.2) is 94.5 Å². The average molecular weight is 799 g/mol. The lowest BCUT2D eigenvalue weighted by atomic mass is 10.1. The molecule has 4 aromatic carbocycles. The van der Waals surface area contributed by atoms with Crippen molar-refractivity contribution in [1.82, 2.24) is 19.1 Å². The summed E-state index contributed by atoms with van der Waals surface area (Å²) in [5.74, 6) is 12.8. The van der Waals surface area contributed by atoms with Crippen LogP contribution in [0.5, 0.6) is 0 Å². The van der Waals surface area contributed by atoms with E-state index >= 15 is 0 Å². The topological polar surface area (TPSA) is 108 Å². The average Bonchev–Trinajstić information content (AvgIpc) is 3.68. The van der Waals surface area contributed by atoms with Crippen molar-refractivity contribution in [3.63, 3.8) is 0 Å². The van der Waals surface area contributed by atoms with Gasteiger partial charge in [-0.15, -0.1) is 0 Å². The Labute approximate surface area is 342 Å². The fraction of sp³-hybridized carbons (Fsp3) is 0.333. The van der Waals surface area contributed by atoms with Gasteiger partial charge in [0.25, 0.3) is 11.1 Å². The molecule has 1 N–H and O–H groups in total. The third-order valence-corrected chi connectivity index (χ3v) is 10.3. The third-order valence-electron chi connectivity index (χ3n) is 10.3. The summed E-state index contributed by atoms with van der Waals surface area (Å²) in [5.41, 5.74) is 3.81. The van der Waals surface area contributed by atoms with Crippen LogP contribution in [-0.2, 0) is 35.4 Å². The lowest BCUT2D eigenvalue weighted by Crippen LogP contribution is -2.24. The van der Waals surface area contributed by atoms with E-state index in [1.807, 2.05) is 6.07 Å².